The predicted molar refractivity (Wildman–Crippen MR) is 150 cm³/mol. The van der Waals surface area contributed by atoms with Crippen molar-refractivity contribution in [1.82, 2.24) is 23.9 Å². The van der Waals surface area contributed by atoms with Crippen LogP contribution in [0.2, 0.25) is 0 Å². The summed E-state index contributed by atoms with van der Waals surface area (Å²) in [7, 11) is -4.21. The summed E-state index contributed by atoms with van der Waals surface area (Å²) in [6.45, 7) is 5.45. The molecular formula is C26H34N6O6S2. The molecular weight excluding hydrogens is 556 g/mol. The Kier molecular flexibility index (Phi) is 10.5. The number of rotatable bonds is 11. The Hall–Kier alpha value is -3.72. The molecule has 2 aromatic heterocycles. The van der Waals surface area contributed by atoms with Crippen LogP contribution in [0.5, 0.6) is 11.5 Å². The summed E-state index contributed by atoms with van der Waals surface area (Å²) in [6.07, 6.45) is 3.24. The molecule has 0 spiro atoms. The number of methoxy groups -OCH3 is 2. The van der Waals surface area contributed by atoms with Crippen LogP contribution in [0.4, 0.5) is 0 Å². The molecule has 0 aliphatic heterocycles. The fourth-order valence-corrected chi connectivity index (χ4v) is 5.37. The third kappa shape index (κ3) is 8.14. The average molecular weight is 591 g/mol. The molecule has 0 atom stereocenters. The molecule has 0 bridgehead atoms. The number of ether oxygens (including phenoxy) is 2. The van der Waals surface area contributed by atoms with Gasteiger partial charge in [-0.1, -0.05) is 24.3 Å². The van der Waals surface area contributed by atoms with Crippen molar-refractivity contribution in [3.8, 4) is 11.5 Å². The molecule has 2 aromatic carbocycles. The molecule has 0 radical (unpaired) electrons. The fraction of sp³-hybridized carbons (Fsp3) is 0.308. The molecule has 0 aliphatic rings. The van der Waals surface area contributed by atoms with Crippen molar-refractivity contribution in [2.24, 2.45) is 5.14 Å². The normalized spacial score (nSPS) is 11.7. The standard InChI is InChI=1S/C21H25N3O4S.C5H9N3O2S/c1-4-23-14-13-21(22-23)29(25,26)24(15-17-5-9-19(27-2)10-6-17)16-18-7-11-20(28-3)12-8-18;1-2-8-4-3-5(7-8)11(6,9)10/h5-14H,4,15-16H2,1-3H3;3-4H,2H2,1H3,(H2,6,9,10). The van der Waals surface area contributed by atoms with E-state index in [0.29, 0.717) is 13.1 Å². The lowest BCUT2D eigenvalue weighted by Crippen LogP contribution is -2.30. The summed E-state index contributed by atoms with van der Waals surface area (Å²) >= 11 is 0. The van der Waals surface area contributed by atoms with Crippen LogP contribution in [0.15, 0.2) is 83.1 Å². The van der Waals surface area contributed by atoms with Gasteiger partial charge in [0, 0.05) is 38.6 Å². The molecule has 4 rings (SSSR count). The Morgan fingerprint density at radius 2 is 1.10 bits per heavy atom. The molecule has 12 nitrogen and oxygen atoms in total. The van der Waals surface area contributed by atoms with Gasteiger partial charge in [0.2, 0.25) is 0 Å². The van der Waals surface area contributed by atoms with Crippen LogP contribution in [-0.4, -0.2) is 54.9 Å². The van der Waals surface area contributed by atoms with Gasteiger partial charge in [0.1, 0.15) is 11.5 Å². The zero-order chi connectivity index (χ0) is 29.3. The summed E-state index contributed by atoms with van der Waals surface area (Å²) in [6, 6.07) is 17.6. The quantitative estimate of drug-likeness (QED) is 0.280. The van der Waals surface area contributed by atoms with Crippen molar-refractivity contribution in [2.45, 2.75) is 50.1 Å². The molecule has 0 fully saturated rings. The summed E-state index contributed by atoms with van der Waals surface area (Å²) in [5.41, 5.74) is 1.72. The maximum Gasteiger partial charge on any atom is 0.262 e. The van der Waals surface area contributed by atoms with Crippen molar-refractivity contribution in [3.05, 3.63) is 84.2 Å². The van der Waals surface area contributed by atoms with Gasteiger partial charge in [-0.25, -0.2) is 22.0 Å². The van der Waals surface area contributed by atoms with E-state index < -0.39 is 20.0 Å². The maximum atomic E-state index is 13.3. The van der Waals surface area contributed by atoms with Gasteiger partial charge in [-0.3, -0.25) is 9.36 Å². The lowest BCUT2D eigenvalue weighted by atomic mass is 10.2. The SMILES string of the molecule is CCn1ccc(S(=O)(=O)N(Cc2ccc(OC)cc2)Cc2ccc(OC)cc2)n1.CCn1ccc(S(N)(=O)=O)n1. The minimum absolute atomic E-state index is 0.0429. The van der Waals surface area contributed by atoms with Gasteiger partial charge in [-0.2, -0.15) is 14.5 Å². The average Bonchev–Trinajstić information content (AvgIpc) is 3.64. The third-order valence-corrected chi connectivity index (χ3v) is 8.30. The first-order valence-electron chi connectivity index (χ1n) is 12.4. The molecule has 2 N–H and O–H groups in total. The van der Waals surface area contributed by atoms with Gasteiger partial charge in [-0.05, 0) is 61.4 Å². The lowest BCUT2D eigenvalue weighted by molar-refractivity contribution is 0.395. The Morgan fingerprint density at radius 3 is 1.43 bits per heavy atom. The number of sulfonamides is 2. The first-order chi connectivity index (χ1) is 19.0. The Morgan fingerprint density at radius 1 is 0.700 bits per heavy atom. The zero-order valence-corrected chi connectivity index (χ0v) is 24.5. The first kappa shape index (κ1) is 30.8. The highest BCUT2D eigenvalue weighted by atomic mass is 32.2. The van der Waals surface area contributed by atoms with Crippen LogP contribution < -0.4 is 14.6 Å². The van der Waals surface area contributed by atoms with Gasteiger partial charge in [0.25, 0.3) is 20.0 Å². The van der Waals surface area contributed by atoms with Crippen LogP contribution in [0.1, 0.15) is 25.0 Å². The van der Waals surface area contributed by atoms with Gasteiger partial charge >= 0.3 is 0 Å². The number of hydrogen-bond acceptors (Lipinski definition) is 8. The molecule has 4 aromatic rings. The van der Waals surface area contributed by atoms with Gasteiger partial charge in [0.05, 0.1) is 14.2 Å². The number of aryl methyl sites for hydroxylation is 2. The van der Waals surface area contributed by atoms with Crippen LogP contribution in [-0.2, 0) is 46.2 Å². The van der Waals surface area contributed by atoms with E-state index in [1.54, 1.807) is 31.3 Å². The summed E-state index contributed by atoms with van der Waals surface area (Å²) < 4.78 is 62.9. The largest absolute Gasteiger partial charge is 0.497 e. The monoisotopic (exact) mass is 590 g/mol. The molecule has 0 unspecified atom stereocenters. The van der Waals surface area contributed by atoms with Crippen LogP contribution >= 0.6 is 0 Å². The Labute approximate surface area is 235 Å². The molecule has 0 aliphatic carbocycles. The highest BCUT2D eigenvalue weighted by Crippen LogP contribution is 2.22. The summed E-state index contributed by atoms with van der Waals surface area (Å²) in [4.78, 5) is 0. The summed E-state index contributed by atoms with van der Waals surface area (Å²) in [5, 5.41) is 12.7. The van der Waals surface area contributed by atoms with Crippen molar-refractivity contribution in [3.63, 3.8) is 0 Å². The highest BCUT2D eigenvalue weighted by Gasteiger charge is 2.27. The molecule has 14 heteroatoms. The van der Waals surface area contributed by atoms with Crippen molar-refractivity contribution >= 4 is 20.0 Å². The zero-order valence-electron chi connectivity index (χ0n) is 22.8. The smallest absolute Gasteiger partial charge is 0.262 e. The van der Waals surface area contributed by atoms with Crippen LogP contribution in [0.3, 0.4) is 0 Å². The summed E-state index contributed by atoms with van der Waals surface area (Å²) in [5.74, 6) is 1.44. The molecule has 40 heavy (non-hydrogen) atoms. The molecule has 0 saturated heterocycles. The minimum Gasteiger partial charge on any atom is -0.497 e. The van der Waals surface area contributed by atoms with Crippen molar-refractivity contribution in [2.75, 3.05) is 14.2 Å². The number of primary sulfonamides is 1. The second kappa shape index (κ2) is 13.6. The maximum absolute atomic E-state index is 13.3. The highest BCUT2D eigenvalue weighted by molar-refractivity contribution is 7.89. The van der Waals surface area contributed by atoms with E-state index in [4.69, 9.17) is 14.6 Å². The second-order valence-electron chi connectivity index (χ2n) is 8.53. The minimum atomic E-state index is -3.78. The van der Waals surface area contributed by atoms with E-state index in [0.717, 1.165) is 22.6 Å². The first-order valence-corrected chi connectivity index (χ1v) is 15.3. The van der Waals surface area contributed by atoms with E-state index in [9.17, 15) is 16.8 Å². The third-order valence-electron chi connectivity index (χ3n) is 5.81. The van der Waals surface area contributed by atoms with Crippen LogP contribution in [0.25, 0.3) is 0 Å². The number of nitrogens with zero attached hydrogens (tertiary/aromatic N) is 5. The van der Waals surface area contributed by atoms with Crippen molar-refractivity contribution < 1.29 is 26.3 Å². The van der Waals surface area contributed by atoms with E-state index in [-0.39, 0.29) is 23.1 Å². The fourth-order valence-electron chi connectivity index (χ4n) is 3.55. The van der Waals surface area contributed by atoms with E-state index in [2.05, 4.69) is 10.2 Å². The molecule has 0 saturated carbocycles. The number of hydrogen-bond donors (Lipinski definition) is 1. The van der Waals surface area contributed by atoms with Gasteiger partial charge < -0.3 is 9.47 Å². The van der Waals surface area contributed by atoms with Gasteiger partial charge in [0.15, 0.2) is 10.1 Å². The lowest BCUT2D eigenvalue weighted by Gasteiger charge is -2.21. The predicted octanol–water partition coefficient (Wildman–Crippen LogP) is 2.86. The topological polar surface area (TPSA) is 152 Å². The number of nitrogens with two attached hydrogens (primary N) is 1. The number of aromatic nitrogens is 4. The second-order valence-corrected chi connectivity index (χ2v) is 11.9. The number of benzene rings is 2. The molecule has 0 amide bonds. The van der Waals surface area contributed by atoms with E-state index in [1.165, 1.54) is 21.1 Å². The molecule has 2 heterocycles. The van der Waals surface area contributed by atoms with E-state index >= 15 is 0 Å². The van der Waals surface area contributed by atoms with Crippen LogP contribution in [0, 0.1) is 0 Å². The Balaban J connectivity index is 0.000000336. The molecule has 216 valence electrons. The van der Waals surface area contributed by atoms with E-state index in [1.807, 2.05) is 62.4 Å². The van der Waals surface area contributed by atoms with Crippen molar-refractivity contribution in [1.29, 1.82) is 0 Å². The Bertz CT molecular complexity index is 1530. The van der Waals surface area contributed by atoms with Gasteiger partial charge in [-0.15, -0.1) is 0 Å².